The van der Waals surface area contributed by atoms with Crippen molar-refractivity contribution >= 4 is 23.5 Å². The second kappa shape index (κ2) is 14.3. The summed E-state index contributed by atoms with van der Waals surface area (Å²) in [4.78, 5) is 23.3. The number of carboxylic acid groups (broad SMARTS) is 1. The maximum Gasteiger partial charge on any atom is 0.305 e. The zero-order valence-electron chi connectivity index (χ0n) is 23.6. The second-order valence-corrected chi connectivity index (χ2v) is 10.7. The number of benzene rings is 4. The fourth-order valence-corrected chi connectivity index (χ4v) is 5.02. The first-order chi connectivity index (χ1) is 20.3. The SMILES string of the molecule is CCC[C@H](c1ccc(C(=O)NCCC(=O)O)cc1)[C@@H](Oc1cc(C#N)cc(-c2ccc(C)cc2)c1)c1ccc(Cl)cc1. The number of carbonyl (C=O) groups excluding carboxylic acids is 1. The zero-order valence-corrected chi connectivity index (χ0v) is 24.4. The Kier molecular flexibility index (Phi) is 10.4. The van der Waals surface area contributed by atoms with E-state index in [0.717, 1.165) is 40.7 Å². The molecule has 0 heterocycles. The van der Waals surface area contributed by atoms with E-state index >= 15 is 0 Å². The molecule has 2 atom stereocenters. The van der Waals surface area contributed by atoms with E-state index in [1.165, 1.54) is 0 Å². The topological polar surface area (TPSA) is 99.4 Å². The Bertz CT molecular complexity index is 1560. The van der Waals surface area contributed by atoms with Crippen LogP contribution in [0.2, 0.25) is 5.02 Å². The number of nitrogens with one attached hydrogen (secondary N) is 1. The molecule has 0 aromatic heterocycles. The molecule has 0 fully saturated rings. The third-order valence-corrected chi connectivity index (χ3v) is 7.32. The Labute approximate surface area is 251 Å². The Morgan fingerprint density at radius 3 is 2.21 bits per heavy atom. The number of carboxylic acids is 1. The molecule has 0 bridgehead atoms. The summed E-state index contributed by atoms with van der Waals surface area (Å²) in [5.41, 5.74) is 5.93. The molecule has 0 saturated carbocycles. The molecule has 0 saturated heterocycles. The van der Waals surface area contributed by atoms with Crippen LogP contribution in [0.25, 0.3) is 11.1 Å². The van der Waals surface area contributed by atoms with Crippen molar-refractivity contribution in [2.24, 2.45) is 0 Å². The van der Waals surface area contributed by atoms with Crippen LogP contribution in [0, 0.1) is 18.3 Å². The third-order valence-electron chi connectivity index (χ3n) is 7.07. The van der Waals surface area contributed by atoms with Gasteiger partial charge in [0.1, 0.15) is 11.9 Å². The first-order valence-electron chi connectivity index (χ1n) is 13.9. The van der Waals surface area contributed by atoms with Crippen molar-refractivity contribution in [1.82, 2.24) is 5.32 Å². The van der Waals surface area contributed by atoms with E-state index in [2.05, 4.69) is 18.3 Å². The van der Waals surface area contributed by atoms with Crippen molar-refractivity contribution in [2.75, 3.05) is 6.54 Å². The number of nitriles is 1. The first kappa shape index (κ1) is 30.4. The number of carbonyl (C=O) groups is 2. The minimum absolute atomic E-state index is 0.0627. The highest BCUT2D eigenvalue weighted by Crippen LogP contribution is 2.40. The van der Waals surface area contributed by atoms with Crippen LogP contribution < -0.4 is 10.1 Å². The quantitative estimate of drug-likeness (QED) is 0.176. The standard InChI is InChI=1S/C35H33ClN2O4/c1-3-4-32(26-9-11-28(12-10-26)35(41)38-18-17-33(39)40)34(27-13-15-30(36)16-14-27)42-31-20-24(22-37)19-29(21-31)25-7-5-23(2)6-8-25/h5-16,19-21,32,34H,3-4,17-18H2,1-2H3,(H,38,41)(H,39,40)/t32-,34+/m1/s1. The van der Waals surface area contributed by atoms with Gasteiger partial charge in [-0.2, -0.15) is 5.26 Å². The van der Waals surface area contributed by atoms with Gasteiger partial charge in [0.2, 0.25) is 0 Å². The predicted molar refractivity (Wildman–Crippen MR) is 165 cm³/mol. The summed E-state index contributed by atoms with van der Waals surface area (Å²) in [5, 5.41) is 21.9. The number of ether oxygens (including phenoxy) is 1. The maximum absolute atomic E-state index is 12.5. The lowest BCUT2D eigenvalue weighted by molar-refractivity contribution is -0.136. The van der Waals surface area contributed by atoms with Crippen LogP contribution in [0.4, 0.5) is 0 Å². The average molecular weight is 581 g/mol. The minimum atomic E-state index is -0.965. The molecular formula is C35H33ClN2O4. The molecule has 1 amide bonds. The van der Waals surface area contributed by atoms with Crippen LogP contribution >= 0.6 is 11.6 Å². The molecule has 4 rings (SSSR count). The zero-order chi connectivity index (χ0) is 30.1. The highest BCUT2D eigenvalue weighted by atomic mass is 35.5. The summed E-state index contributed by atoms with van der Waals surface area (Å²) < 4.78 is 6.76. The predicted octanol–water partition coefficient (Wildman–Crippen LogP) is 8.10. The molecule has 0 radical (unpaired) electrons. The van der Waals surface area contributed by atoms with Crippen molar-refractivity contribution < 1.29 is 19.4 Å². The number of hydrogen-bond acceptors (Lipinski definition) is 4. The summed E-state index contributed by atoms with van der Waals surface area (Å²) in [6.45, 7) is 4.21. The normalized spacial score (nSPS) is 12.1. The van der Waals surface area contributed by atoms with E-state index in [1.54, 1.807) is 18.2 Å². The molecule has 0 aliphatic heterocycles. The average Bonchev–Trinajstić information content (AvgIpc) is 2.99. The lowest BCUT2D eigenvalue weighted by Crippen LogP contribution is -2.26. The fraction of sp³-hybridized carbons (Fsp3) is 0.229. The Hall–Kier alpha value is -4.60. The van der Waals surface area contributed by atoms with Gasteiger partial charge in [-0.25, -0.2) is 0 Å². The maximum atomic E-state index is 12.5. The molecule has 0 unspecified atom stereocenters. The van der Waals surface area contributed by atoms with Gasteiger partial charge in [-0.05, 0) is 78.1 Å². The smallest absolute Gasteiger partial charge is 0.305 e. The molecule has 0 aliphatic rings. The first-order valence-corrected chi connectivity index (χ1v) is 14.3. The van der Waals surface area contributed by atoms with Gasteiger partial charge in [0, 0.05) is 23.0 Å². The van der Waals surface area contributed by atoms with Gasteiger partial charge in [-0.3, -0.25) is 9.59 Å². The Morgan fingerprint density at radius 1 is 0.929 bits per heavy atom. The van der Waals surface area contributed by atoms with Gasteiger partial charge in [0.05, 0.1) is 18.1 Å². The fourth-order valence-electron chi connectivity index (χ4n) is 4.90. The highest BCUT2D eigenvalue weighted by Gasteiger charge is 2.27. The van der Waals surface area contributed by atoms with Crippen molar-refractivity contribution in [3.05, 3.63) is 124 Å². The van der Waals surface area contributed by atoms with Gasteiger partial charge in [0.25, 0.3) is 5.91 Å². The molecule has 7 heteroatoms. The van der Waals surface area contributed by atoms with Crippen molar-refractivity contribution in [1.29, 1.82) is 5.26 Å². The number of halogens is 1. The molecule has 0 spiro atoms. The molecule has 0 aliphatic carbocycles. The molecule has 214 valence electrons. The molecule has 4 aromatic rings. The number of aliphatic carboxylic acids is 1. The molecule has 6 nitrogen and oxygen atoms in total. The third kappa shape index (κ3) is 7.99. The summed E-state index contributed by atoms with van der Waals surface area (Å²) >= 11 is 6.23. The van der Waals surface area contributed by atoms with Crippen LogP contribution in [-0.4, -0.2) is 23.5 Å². The van der Waals surface area contributed by atoms with Crippen LogP contribution in [0.1, 0.15) is 70.8 Å². The van der Waals surface area contributed by atoms with Crippen molar-refractivity contribution in [3.8, 4) is 22.9 Å². The van der Waals surface area contributed by atoms with E-state index in [0.29, 0.717) is 21.9 Å². The molecule has 2 N–H and O–H groups in total. The van der Waals surface area contributed by atoms with Gasteiger partial charge >= 0.3 is 5.97 Å². The Morgan fingerprint density at radius 2 is 1.60 bits per heavy atom. The van der Waals surface area contributed by atoms with E-state index in [1.807, 2.05) is 79.7 Å². The monoisotopic (exact) mass is 580 g/mol. The highest BCUT2D eigenvalue weighted by molar-refractivity contribution is 6.30. The summed E-state index contributed by atoms with van der Waals surface area (Å²) in [6, 6.07) is 30.9. The van der Waals surface area contributed by atoms with Gasteiger partial charge in [-0.1, -0.05) is 79.0 Å². The van der Waals surface area contributed by atoms with Gasteiger partial charge in [-0.15, -0.1) is 0 Å². The van der Waals surface area contributed by atoms with E-state index in [9.17, 15) is 14.9 Å². The number of rotatable bonds is 12. The van der Waals surface area contributed by atoms with Crippen LogP contribution in [0.5, 0.6) is 5.75 Å². The van der Waals surface area contributed by atoms with E-state index < -0.39 is 12.1 Å². The Balaban J connectivity index is 1.69. The van der Waals surface area contributed by atoms with Crippen molar-refractivity contribution in [3.63, 3.8) is 0 Å². The summed E-state index contributed by atoms with van der Waals surface area (Å²) in [5.74, 6) is -0.779. The molecule has 4 aromatic carbocycles. The lowest BCUT2D eigenvalue weighted by atomic mass is 9.85. The number of hydrogen-bond donors (Lipinski definition) is 2. The van der Waals surface area contributed by atoms with Crippen LogP contribution in [-0.2, 0) is 4.79 Å². The summed E-state index contributed by atoms with van der Waals surface area (Å²) in [6.07, 6.45) is 1.15. The number of aryl methyl sites for hydroxylation is 1. The minimum Gasteiger partial charge on any atom is -0.485 e. The van der Waals surface area contributed by atoms with Crippen LogP contribution in [0.3, 0.4) is 0 Å². The largest absolute Gasteiger partial charge is 0.485 e. The lowest BCUT2D eigenvalue weighted by Gasteiger charge is -2.29. The molecular weight excluding hydrogens is 548 g/mol. The van der Waals surface area contributed by atoms with Crippen LogP contribution in [0.15, 0.2) is 91.0 Å². The second-order valence-electron chi connectivity index (χ2n) is 10.2. The number of nitrogens with zero attached hydrogens (tertiary/aromatic N) is 1. The summed E-state index contributed by atoms with van der Waals surface area (Å²) in [7, 11) is 0. The number of amides is 1. The van der Waals surface area contributed by atoms with Gasteiger partial charge < -0.3 is 15.2 Å². The van der Waals surface area contributed by atoms with E-state index in [-0.39, 0.29) is 24.8 Å². The van der Waals surface area contributed by atoms with E-state index in [4.69, 9.17) is 21.4 Å². The molecule has 42 heavy (non-hydrogen) atoms. The van der Waals surface area contributed by atoms with Crippen molar-refractivity contribution in [2.45, 2.75) is 45.1 Å². The van der Waals surface area contributed by atoms with Gasteiger partial charge in [0.15, 0.2) is 0 Å².